The Morgan fingerprint density at radius 3 is 1.61 bits per heavy atom. The first-order valence-corrected chi connectivity index (χ1v) is 21.8. The van der Waals surface area contributed by atoms with Crippen molar-refractivity contribution in [3.63, 3.8) is 0 Å². The van der Waals surface area contributed by atoms with Gasteiger partial charge in [0.25, 0.3) is 0 Å². The summed E-state index contributed by atoms with van der Waals surface area (Å²) in [4.78, 5) is 15.7. The second kappa shape index (κ2) is 15.0. The quantitative estimate of drug-likeness (QED) is 0.161. The maximum absolute atomic E-state index is 6.66. The van der Waals surface area contributed by atoms with E-state index in [2.05, 4.69) is 202 Å². The number of benzene rings is 9. The summed E-state index contributed by atoms with van der Waals surface area (Å²) in [5.74, 6) is 1.78. The first-order valence-electron chi connectivity index (χ1n) is 21.8. The molecule has 0 radical (unpaired) electrons. The van der Waals surface area contributed by atoms with Gasteiger partial charge in [0.05, 0.1) is 0 Å². The van der Waals surface area contributed by atoms with E-state index < -0.39 is 0 Å². The normalized spacial score (nSPS) is 12.7. The zero-order valence-corrected chi connectivity index (χ0v) is 35.5. The van der Waals surface area contributed by atoms with Crippen LogP contribution in [0.3, 0.4) is 0 Å². The van der Waals surface area contributed by atoms with Crippen molar-refractivity contribution in [2.24, 2.45) is 0 Å². The molecule has 0 spiro atoms. The van der Waals surface area contributed by atoms with Crippen LogP contribution in [0.2, 0.25) is 0 Å². The molecule has 1 aliphatic rings. The summed E-state index contributed by atoms with van der Waals surface area (Å²) < 4.78 is 6.66. The van der Waals surface area contributed by atoms with Gasteiger partial charge in [-0.25, -0.2) is 15.0 Å². The van der Waals surface area contributed by atoms with Crippen LogP contribution >= 0.6 is 0 Å². The number of aromatic nitrogens is 3. The van der Waals surface area contributed by atoms with E-state index in [-0.39, 0.29) is 5.41 Å². The maximum Gasteiger partial charge on any atom is 0.164 e. The van der Waals surface area contributed by atoms with Crippen LogP contribution in [-0.2, 0) is 5.41 Å². The van der Waals surface area contributed by atoms with Gasteiger partial charge >= 0.3 is 0 Å². The van der Waals surface area contributed by atoms with Gasteiger partial charge in [0.2, 0.25) is 0 Å². The molecule has 0 unspecified atom stereocenters. The summed E-state index contributed by atoms with van der Waals surface area (Å²) in [6.07, 6.45) is 0. The molecule has 1 aliphatic carbocycles. The summed E-state index contributed by atoms with van der Waals surface area (Å²) in [5, 5.41) is 2.12. The number of hydrogen-bond acceptors (Lipinski definition) is 4. The standard InChI is InChI=1S/C60H41N3O/c1-60(2)51-28-13-12-25-49(51)55-48(26-15-29-52(55)60)45-34-44(39-19-8-4-9-20-39)35-46(36-45)59-62-57(40-21-10-5-11-22-40)61-58(63-59)43-31-32-50-54(37-43)64-53-30-16-27-47(56(50)53)42-24-14-23-41(33-42)38-17-6-3-7-18-38/h3-37H,1-2H3. The Kier molecular flexibility index (Phi) is 8.80. The molecule has 4 heteroatoms. The third-order valence-corrected chi connectivity index (χ3v) is 12.9. The summed E-state index contributed by atoms with van der Waals surface area (Å²) in [6, 6.07) is 75.0. The van der Waals surface area contributed by atoms with E-state index in [4.69, 9.17) is 19.4 Å². The fraction of sp³-hybridized carbons (Fsp3) is 0.0500. The van der Waals surface area contributed by atoms with Crippen molar-refractivity contribution in [3.8, 4) is 89.8 Å². The minimum absolute atomic E-state index is 0.120. The van der Waals surface area contributed by atoms with Gasteiger partial charge in [-0.05, 0) is 109 Å². The van der Waals surface area contributed by atoms with Crippen molar-refractivity contribution in [1.82, 2.24) is 15.0 Å². The fourth-order valence-electron chi connectivity index (χ4n) is 9.76. The molecular formula is C60H41N3O. The molecular weight excluding hydrogens is 779 g/mol. The van der Waals surface area contributed by atoms with Crippen LogP contribution in [-0.4, -0.2) is 15.0 Å². The Hall–Kier alpha value is -8.21. The molecule has 0 aliphatic heterocycles. The molecule has 0 atom stereocenters. The van der Waals surface area contributed by atoms with Crippen LogP contribution in [0, 0.1) is 0 Å². The van der Waals surface area contributed by atoms with Crippen molar-refractivity contribution in [2.45, 2.75) is 19.3 Å². The van der Waals surface area contributed by atoms with E-state index >= 15 is 0 Å². The van der Waals surface area contributed by atoms with Gasteiger partial charge in [0.15, 0.2) is 17.5 Å². The average molecular weight is 820 g/mol. The first-order chi connectivity index (χ1) is 31.5. The highest BCUT2D eigenvalue weighted by Gasteiger charge is 2.36. The highest BCUT2D eigenvalue weighted by atomic mass is 16.3. The van der Waals surface area contributed by atoms with Gasteiger partial charge in [-0.2, -0.15) is 0 Å². The summed E-state index contributed by atoms with van der Waals surface area (Å²) in [5.41, 5.74) is 18.5. The van der Waals surface area contributed by atoms with Crippen LogP contribution < -0.4 is 0 Å². The van der Waals surface area contributed by atoms with Crippen molar-refractivity contribution in [3.05, 3.63) is 223 Å². The molecule has 0 fully saturated rings. The molecule has 11 aromatic rings. The molecule has 64 heavy (non-hydrogen) atoms. The number of fused-ring (bicyclic) bond motifs is 6. The van der Waals surface area contributed by atoms with Crippen LogP contribution in [0.4, 0.5) is 0 Å². The minimum Gasteiger partial charge on any atom is -0.456 e. The van der Waals surface area contributed by atoms with Crippen LogP contribution in [0.15, 0.2) is 217 Å². The molecule has 2 aromatic heterocycles. The SMILES string of the molecule is CC1(C)c2ccccc2-c2c(-c3cc(-c4ccccc4)cc(-c4nc(-c5ccccc5)nc(-c5ccc6c(c5)oc5cccc(-c7cccc(-c8ccccc8)c7)c56)n4)c3)cccc21. The van der Waals surface area contributed by atoms with Crippen molar-refractivity contribution in [1.29, 1.82) is 0 Å². The van der Waals surface area contributed by atoms with Gasteiger partial charge in [-0.3, -0.25) is 0 Å². The first kappa shape index (κ1) is 37.5. The lowest BCUT2D eigenvalue weighted by atomic mass is 9.82. The minimum atomic E-state index is -0.120. The third-order valence-electron chi connectivity index (χ3n) is 12.9. The Morgan fingerprint density at radius 2 is 0.844 bits per heavy atom. The van der Waals surface area contributed by atoms with Gasteiger partial charge in [0, 0.05) is 32.9 Å². The van der Waals surface area contributed by atoms with Gasteiger partial charge < -0.3 is 4.42 Å². The predicted molar refractivity (Wildman–Crippen MR) is 263 cm³/mol. The second-order valence-electron chi connectivity index (χ2n) is 17.2. The van der Waals surface area contributed by atoms with E-state index in [1.807, 2.05) is 24.3 Å². The molecule has 0 amide bonds. The van der Waals surface area contributed by atoms with Crippen molar-refractivity contribution >= 4 is 21.9 Å². The van der Waals surface area contributed by atoms with E-state index in [1.54, 1.807) is 0 Å². The monoisotopic (exact) mass is 819 g/mol. The summed E-state index contributed by atoms with van der Waals surface area (Å²) >= 11 is 0. The third kappa shape index (κ3) is 6.34. The largest absolute Gasteiger partial charge is 0.456 e. The van der Waals surface area contributed by atoms with E-state index in [0.717, 1.165) is 66.4 Å². The lowest BCUT2D eigenvalue weighted by Crippen LogP contribution is -2.14. The van der Waals surface area contributed by atoms with Gasteiger partial charge in [-0.1, -0.05) is 184 Å². The topological polar surface area (TPSA) is 51.8 Å². The highest BCUT2D eigenvalue weighted by Crippen LogP contribution is 2.52. The van der Waals surface area contributed by atoms with Crippen molar-refractivity contribution in [2.75, 3.05) is 0 Å². The fourth-order valence-corrected chi connectivity index (χ4v) is 9.76. The van der Waals surface area contributed by atoms with Crippen LogP contribution in [0.1, 0.15) is 25.0 Å². The zero-order chi connectivity index (χ0) is 42.8. The predicted octanol–water partition coefficient (Wildman–Crippen LogP) is 15.7. The average Bonchev–Trinajstić information content (AvgIpc) is 3.86. The molecule has 302 valence electrons. The molecule has 12 rings (SSSR count). The molecule has 4 nitrogen and oxygen atoms in total. The molecule has 0 bridgehead atoms. The number of furan rings is 1. The molecule has 0 saturated carbocycles. The zero-order valence-electron chi connectivity index (χ0n) is 35.5. The van der Waals surface area contributed by atoms with E-state index in [9.17, 15) is 0 Å². The number of rotatable bonds is 7. The molecule has 0 N–H and O–H groups in total. The van der Waals surface area contributed by atoms with E-state index in [1.165, 1.54) is 38.9 Å². The lowest BCUT2D eigenvalue weighted by Gasteiger charge is -2.21. The highest BCUT2D eigenvalue weighted by molar-refractivity contribution is 6.13. The molecule has 9 aromatic carbocycles. The second-order valence-corrected chi connectivity index (χ2v) is 17.2. The Morgan fingerprint density at radius 1 is 0.328 bits per heavy atom. The number of nitrogens with zero attached hydrogens (tertiary/aromatic N) is 3. The van der Waals surface area contributed by atoms with E-state index in [0.29, 0.717) is 17.5 Å². The Balaban J connectivity index is 1.03. The van der Waals surface area contributed by atoms with Gasteiger partial charge in [0.1, 0.15) is 11.2 Å². The summed E-state index contributed by atoms with van der Waals surface area (Å²) in [7, 11) is 0. The van der Waals surface area contributed by atoms with Crippen LogP contribution in [0.5, 0.6) is 0 Å². The van der Waals surface area contributed by atoms with Gasteiger partial charge in [-0.15, -0.1) is 0 Å². The smallest absolute Gasteiger partial charge is 0.164 e. The Bertz CT molecular complexity index is 3570. The van der Waals surface area contributed by atoms with Crippen LogP contribution in [0.25, 0.3) is 112 Å². The summed E-state index contributed by atoms with van der Waals surface area (Å²) in [6.45, 7) is 4.66. The van der Waals surface area contributed by atoms with Crippen molar-refractivity contribution < 1.29 is 4.42 Å². The lowest BCUT2D eigenvalue weighted by molar-refractivity contribution is 0.660. The molecule has 0 saturated heterocycles. The Labute approximate surface area is 372 Å². The maximum atomic E-state index is 6.66. The number of hydrogen-bond donors (Lipinski definition) is 0. The molecule has 2 heterocycles.